The smallest absolute Gasteiger partial charge is 0.119 e. The Balaban J connectivity index is 1.62. The highest BCUT2D eigenvalue weighted by molar-refractivity contribution is 5.58. The van der Waals surface area contributed by atoms with Crippen LogP contribution in [-0.4, -0.2) is 20.2 Å². The largest absolute Gasteiger partial charge is 0.494 e. The maximum absolute atomic E-state index is 5.45. The van der Waals surface area contributed by atoms with Crippen LogP contribution in [0.3, 0.4) is 0 Å². The molecule has 0 radical (unpaired) electrons. The van der Waals surface area contributed by atoms with Gasteiger partial charge < -0.3 is 15.0 Å². The van der Waals surface area contributed by atoms with Gasteiger partial charge in [0.05, 0.1) is 6.61 Å². The molecule has 0 saturated carbocycles. The number of nitrogens with one attached hydrogen (secondary N) is 1. The van der Waals surface area contributed by atoms with E-state index in [4.69, 9.17) is 4.74 Å². The maximum Gasteiger partial charge on any atom is 0.119 e. The van der Waals surface area contributed by atoms with Crippen LogP contribution in [0.4, 0.5) is 11.4 Å². The lowest BCUT2D eigenvalue weighted by atomic mass is 10.1. The Morgan fingerprint density at radius 1 is 1.14 bits per heavy atom. The first kappa shape index (κ1) is 13.8. The quantitative estimate of drug-likeness (QED) is 0.905. The van der Waals surface area contributed by atoms with E-state index in [0.29, 0.717) is 6.61 Å². The molecule has 0 amide bonds. The molecule has 1 aliphatic heterocycles. The van der Waals surface area contributed by atoms with Gasteiger partial charge in [0.15, 0.2) is 0 Å². The minimum atomic E-state index is 0.705. The Hall–Kier alpha value is -2.16. The second-order valence-electron chi connectivity index (χ2n) is 5.45. The van der Waals surface area contributed by atoms with E-state index in [-0.39, 0.29) is 0 Å². The van der Waals surface area contributed by atoms with E-state index < -0.39 is 0 Å². The van der Waals surface area contributed by atoms with Crippen LogP contribution < -0.4 is 15.0 Å². The molecule has 1 heterocycles. The molecule has 0 saturated heterocycles. The summed E-state index contributed by atoms with van der Waals surface area (Å²) in [5.74, 6) is 0.920. The van der Waals surface area contributed by atoms with Crippen LogP contribution in [0.15, 0.2) is 42.5 Å². The van der Waals surface area contributed by atoms with Gasteiger partial charge in [-0.3, -0.25) is 0 Å². The minimum Gasteiger partial charge on any atom is -0.494 e. The summed E-state index contributed by atoms with van der Waals surface area (Å²) in [6.45, 7) is 4.68. The van der Waals surface area contributed by atoms with Crippen molar-refractivity contribution < 1.29 is 4.74 Å². The van der Waals surface area contributed by atoms with E-state index in [9.17, 15) is 0 Å². The van der Waals surface area contributed by atoms with Gasteiger partial charge in [0.25, 0.3) is 0 Å². The number of likely N-dealkylation sites (N-methyl/N-ethyl adjacent to an activating group) is 1. The molecule has 0 bridgehead atoms. The Morgan fingerprint density at radius 3 is 2.71 bits per heavy atom. The molecule has 2 aromatic carbocycles. The van der Waals surface area contributed by atoms with Gasteiger partial charge in [0.2, 0.25) is 0 Å². The average Bonchev–Trinajstić information content (AvgIpc) is 2.88. The van der Waals surface area contributed by atoms with Gasteiger partial charge in [0, 0.05) is 31.5 Å². The molecule has 0 unspecified atom stereocenters. The molecule has 110 valence electrons. The molecule has 0 spiro atoms. The first-order chi connectivity index (χ1) is 10.3. The van der Waals surface area contributed by atoms with E-state index in [1.165, 1.54) is 16.8 Å². The van der Waals surface area contributed by atoms with Gasteiger partial charge in [-0.1, -0.05) is 12.1 Å². The number of benzene rings is 2. The predicted octanol–water partition coefficient (Wildman–Crippen LogP) is 3.69. The Kier molecular flexibility index (Phi) is 4.00. The van der Waals surface area contributed by atoms with Crippen LogP contribution in [0, 0.1) is 0 Å². The third-order valence-corrected chi connectivity index (χ3v) is 3.93. The third-order valence-electron chi connectivity index (χ3n) is 3.93. The average molecular weight is 282 g/mol. The summed E-state index contributed by atoms with van der Waals surface area (Å²) in [7, 11) is 2.16. The predicted molar refractivity (Wildman–Crippen MR) is 88.4 cm³/mol. The molecule has 0 atom stereocenters. The zero-order valence-corrected chi connectivity index (χ0v) is 12.7. The summed E-state index contributed by atoms with van der Waals surface area (Å²) in [5, 5.41) is 3.46. The summed E-state index contributed by atoms with van der Waals surface area (Å²) in [6.07, 6.45) is 1.16. The van der Waals surface area contributed by atoms with Gasteiger partial charge >= 0.3 is 0 Å². The van der Waals surface area contributed by atoms with Crippen LogP contribution in [0.25, 0.3) is 0 Å². The zero-order valence-electron chi connectivity index (χ0n) is 12.7. The van der Waals surface area contributed by atoms with Crippen molar-refractivity contribution in [3.05, 3.63) is 53.6 Å². The summed E-state index contributed by atoms with van der Waals surface area (Å²) in [5.41, 5.74) is 5.29. The Bertz CT molecular complexity index is 607. The molecule has 3 heteroatoms. The molecule has 3 nitrogen and oxygen atoms in total. The molecule has 1 N–H and O–H groups in total. The third kappa shape index (κ3) is 3.13. The van der Waals surface area contributed by atoms with Crippen LogP contribution in [0.1, 0.15) is 18.1 Å². The number of ether oxygens (including phenoxy) is 1. The van der Waals surface area contributed by atoms with Gasteiger partial charge in [-0.05, 0) is 54.8 Å². The first-order valence-corrected chi connectivity index (χ1v) is 7.56. The van der Waals surface area contributed by atoms with Gasteiger partial charge in [-0.15, -0.1) is 0 Å². The van der Waals surface area contributed by atoms with Crippen molar-refractivity contribution in [3.8, 4) is 5.75 Å². The molecule has 3 rings (SSSR count). The van der Waals surface area contributed by atoms with Crippen molar-refractivity contribution in [1.82, 2.24) is 0 Å². The van der Waals surface area contributed by atoms with Crippen LogP contribution >= 0.6 is 0 Å². The molecular formula is C18H22N2O. The topological polar surface area (TPSA) is 24.5 Å². The van der Waals surface area contributed by atoms with Gasteiger partial charge in [-0.25, -0.2) is 0 Å². The highest BCUT2D eigenvalue weighted by Gasteiger charge is 2.15. The molecule has 0 fully saturated rings. The zero-order chi connectivity index (χ0) is 14.7. The summed E-state index contributed by atoms with van der Waals surface area (Å²) < 4.78 is 5.45. The molecule has 0 aromatic heterocycles. The normalized spacial score (nSPS) is 13.1. The van der Waals surface area contributed by atoms with E-state index >= 15 is 0 Å². The SMILES string of the molecule is CCOc1ccc(NCc2ccc3c(c2)CCN3C)cc1. The second kappa shape index (κ2) is 6.08. The highest BCUT2D eigenvalue weighted by atomic mass is 16.5. The molecule has 1 aliphatic rings. The monoisotopic (exact) mass is 282 g/mol. The molecule has 0 aliphatic carbocycles. The number of anilines is 2. The maximum atomic E-state index is 5.45. The number of hydrogen-bond donors (Lipinski definition) is 1. The van der Waals surface area contributed by atoms with E-state index in [1.807, 2.05) is 19.1 Å². The summed E-state index contributed by atoms with van der Waals surface area (Å²) in [6, 6.07) is 14.9. The number of nitrogens with zero attached hydrogens (tertiary/aromatic N) is 1. The standard InChI is InChI=1S/C18H22N2O/c1-3-21-17-7-5-16(6-8-17)19-13-14-4-9-18-15(12-14)10-11-20(18)2/h4-9,12,19H,3,10-11,13H2,1-2H3. The summed E-state index contributed by atoms with van der Waals surface area (Å²) in [4.78, 5) is 2.32. The lowest BCUT2D eigenvalue weighted by molar-refractivity contribution is 0.340. The van der Waals surface area contributed by atoms with E-state index in [1.54, 1.807) is 0 Å². The van der Waals surface area contributed by atoms with E-state index in [0.717, 1.165) is 30.9 Å². The summed E-state index contributed by atoms with van der Waals surface area (Å²) >= 11 is 0. The van der Waals surface area contributed by atoms with Crippen molar-refractivity contribution >= 4 is 11.4 Å². The fourth-order valence-corrected chi connectivity index (χ4v) is 2.77. The van der Waals surface area contributed by atoms with Crippen molar-refractivity contribution in [1.29, 1.82) is 0 Å². The Labute approximate surface area is 126 Å². The fourth-order valence-electron chi connectivity index (χ4n) is 2.77. The van der Waals surface area contributed by atoms with Gasteiger partial charge in [0.1, 0.15) is 5.75 Å². The fraction of sp³-hybridized carbons (Fsp3) is 0.333. The van der Waals surface area contributed by atoms with Crippen LogP contribution in [0.5, 0.6) is 5.75 Å². The van der Waals surface area contributed by atoms with Crippen molar-refractivity contribution in [2.45, 2.75) is 19.9 Å². The lowest BCUT2D eigenvalue weighted by Gasteiger charge is -2.13. The lowest BCUT2D eigenvalue weighted by Crippen LogP contribution is -2.12. The van der Waals surface area contributed by atoms with Crippen molar-refractivity contribution in [2.24, 2.45) is 0 Å². The van der Waals surface area contributed by atoms with Crippen LogP contribution in [0.2, 0.25) is 0 Å². The van der Waals surface area contributed by atoms with E-state index in [2.05, 4.69) is 47.6 Å². The minimum absolute atomic E-state index is 0.705. The molecular weight excluding hydrogens is 260 g/mol. The van der Waals surface area contributed by atoms with Crippen molar-refractivity contribution in [3.63, 3.8) is 0 Å². The van der Waals surface area contributed by atoms with Gasteiger partial charge in [-0.2, -0.15) is 0 Å². The highest BCUT2D eigenvalue weighted by Crippen LogP contribution is 2.27. The number of fused-ring (bicyclic) bond motifs is 1. The van der Waals surface area contributed by atoms with Crippen LogP contribution in [-0.2, 0) is 13.0 Å². The van der Waals surface area contributed by atoms with Crippen molar-refractivity contribution in [2.75, 3.05) is 30.4 Å². The molecule has 2 aromatic rings. The number of rotatable bonds is 5. The first-order valence-electron chi connectivity index (χ1n) is 7.56. The second-order valence-corrected chi connectivity index (χ2v) is 5.45. The number of hydrogen-bond acceptors (Lipinski definition) is 3. The molecule has 21 heavy (non-hydrogen) atoms. The Morgan fingerprint density at radius 2 is 1.95 bits per heavy atom.